The number of hydrogen-bond donors (Lipinski definition) is 5. The minimum absolute atomic E-state index is 0.0411. The molecule has 0 spiro atoms. The molecule has 2 amide bonds. The van der Waals surface area contributed by atoms with Crippen molar-refractivity contribution in [2.75, 3.05) is 5.73 Å². The highest BCUT2D eigenvalue weighted by molar-refractivity contribution is 5.96. The lowest BCUT2D eigenvalue weighted by atomic mass is 10.1. The van der Waals surface area contributed by atoms with Gasteiger partial charge in [0, 0.05) is 23.0 Å². The molecular weight excluding hydrogens is 336 g/mol. The van der Waals surface area contributed by atoms with Crippen LogP contribution < -0.4 is 16.5 Å². The molecule has 1 aromatic heterocycles. The van der Waals surface area contributed by atoms with Crippen molar-refractivity contribution >= 4 is 17.5 Å². The van der Waals surface area contributed by atoms with E-state index in [4.69, 9.17) is 10.9 Å². The molecule has 2 aromatic rings. The minimum Gasteiger partial charge on any atom is -0.399 e. The Labute approximate surface area is 150 Å². The highest BCUT2D eigenvalue weighted by Gasteiger charge is 2.26. The van der Waals surface area contributed by atoms with Gasteiger partial charge in [-0.2, -0.15) is 0 Å². The second kappa shape index (κ2) is 8.62. The minimum atomic E-state index is -1.31. The molecule has 0 aliphatic heterocycles. The Morgan fingerprint density at radius 2 is 1.73 bits per heavy atom. The topological polar surface area (TPSA) is 138 Å². The van der Waals surface area contributed by atoms with Gasteiger partial charge in [-0.15, -0.1) is 0 Å². The van der Waals surface area contributed by atoms with Crippen molar-refractivity contribution in [3.8, 4) is 11.8 Å². The quantitative estimate of drug-likeness (QED) is 0.228. The number of nitrogens with one attached hydrogen (secondary N) is 2. The molecule has 0 bridgehead atoms. The van der Waals surface area contributed by atoms with Crippen LogP contribution in [0.3, 0.4) is 0 Å². The number of aliphatic hydroxyl groups is 1. The van der Waals surface area contributed by atoms with Crippen LogP contribution in [0.1, 0.15) is 28.5 Å². The van der Waals surface area contributed by atoms with Crippen LogP contribution in [-0.4, -0.2) is 39.3 Å². The number of aliphatic hydroxyl groups excluding tert-OH is 1. The fourth-order valence-corrected chi connectivity index (χ4v) is 2.00. The van der Waals surface area contributed by atoms with Crippen molar-refractivity contribution in [2.24, 2.45) is 0 Å². The van der Waals surface area contributed by atoms with Crippen LogP contribution in [0.25, 0.3) is 0 Å². The van der Waals surface area contributed by atoms with Crippen LogP contribution >= 0.6 is 0 Å². The molecule has 26 heavy (non-hydrogen) atoms. The third-order valence-corrected chi connectivity index (χ3v) is 3.42. The second-order valence-electron chi connectivity index (χ2n) is 5.47. The summed E-state index contributed by atoms with van der Waals surface area (Å²) in [4.78, 5) is 27.5. The summed E-state index contributed by atoms with van der Waals surface area (Å²) in [6.07, 6.45) is 0.221. The van der Waals surface area contributed by atoms with E-state index in [2.05, 4.69) is 22.1 Å². The first-order valence-electron chi connectivity index (χ1n) is 7.67. The molecule has 2 rings (SSSR count). The molecule has 0 saturated heterocycles. The first-order chi connectivity index (χ1) is 12.4. The molecule has 0 fully saturated rings. The number of benzene rings is 1. The average Bonchev–Trinajstić information content (AvgIpc) is 2.65. The fourth-order valence-electron chi connectivity index (χ4n) is 2.00. The van der Waals surface area contributed by atoms with E-state index in [1.54, 1.807) is 30.3 Å². The van der Waals surface area contributed by atoms with Crippen molar-refractivity contribution in [1.29, 1.82) is 0 Å². The summed E-state index contributed by atoms with van der Waals surface area (Å²) >= 11 is 0. The predicted molar refractivity (Wildman–Crippen MR) is 93.9 cm³/mol. The number of hydrogen-bond acceptors (Lipinski definition) is 6. The number of rotatable bonds is 4. The molecule has 6 N–H and O–H groups in total. The van der Waals surface area contributed by atoms with Crippen molar-refractivity contribution in [2.45, 2.75) is 19.1 Å². The Hall–Kier alpha value is -3.41. The Morgan fingerprint density at radius 3 is 2.27 bits per heavy atom. The van der Waals surface area contributed by atoms with Gasteiger partial charge < -0.3 is 16.2 Å². The number of amides is 2. The molecule has 0 aliphatic rings. The van der Waals surface area contributed by atoms with Gasteiger partial charge in [0.2, 0.25) is 0 Å². The summed E-state index contributed by atoms with van der Waals surface area (Å²) in [5.74, 6) is 4.26. The monoisotopic (exact) mass is 354 g/mol. The van der Waals surface area contributed by atoms with E-state index in [1.807, 2.05) is 0 Å². The summed E-state index contributed by atoms with van der Waals surface area (Å²) in [5.41, 5.74) is 9.07. The maximum Gasteiger partial charge on any atom is 0.270 e. The summed E-state index contributed by atoms with van der Waals surface area (Å²) in [6.45, 7) is 1.31. The van der Waals surface area contributed by atoms with Crippen molar-refractivity contribution in [3.05, 3.63) is 59.4 Å². The van der Waals surface area contributed by atoms with Gasteiger partial charge in [-0.25, -0.2) is 10.5 Å². The molecule has 2 atom stereocenters. The Balaban J connectivity index is 2.08. The number of nitrogens with two attached hydrogens (primary N) is 1. The smallest absolute Gasteiger partial charge is 0.270 e. The molecule has 1 aromatic carbocycles. The van der Waals surface area contributed by atoms with Crippen molar-refractivity contribution in [1.82, 2.24) is 15.8 Å². The van der Waals surface area contributed by atoms with E-state index in [0.29, 0.717) is 11.3 Å². The normalized spacial score (nSPS) is 12.3. The molecule has 0 aliphatic carbocycles. The zero-order valence-corrected chi connectivity index (χ0v) is 13.9. The van der Waals surface area contributed by atoms with Gasteiger partial charge in [0.25, 0.3) is 11.8 Å². The van der Waals surface area contributed by atoms with Gasteiger partial charge in [0.05, 0.1) is 6.10 Å². The number of aromatic nitrogens is 1. The van der Waals surface area contributed by atoms with Crippen LogP contribution in [-0.2, 0) is 4.79 Å². The molecule has 1 heterocycles. The first-order valence-corrected chi connectivity index (χ1v) is 7.67. The zero-order valence-electron chi connectivity index (χ0n) is 13.9. The predicted octanol–water partition coefficient (Wildman–Crippen LogP) is 0.0482. The lowest BCUT2D eigenvalue weighted by Crippen LogP contribution is -2.51. The lowest BCUT2D eigenvalue weighted by Gasteiger charge is -2.18. The number of carbonyl (C=O) groups is 2. The molecule has 8 nitrogen and oxygen atoms in total. The largest absolute Gasteiger partial charge is 0.399 e. The van der Waals surface area contributed by atoms with Gasteiger partial charge in [-0.3, -0.25) is 14.8 Å². The van der Waals surface area contributed by atoms with Crippen LogP contribution in [0, 0.1) is 11.8 Å². The number of nitrogens with zero attached hydrogens (tertiary/aromatic N) is 1. The summed E-state index contributed by atoms with van der Waals surface area (Å²) in [7, 11) is 0. The average molecular weight is 354 g/mol. The third kappa shape index (κ3) is 5.04. The molecule has 134 valence electrons. The number of hydroxylamine groups is 1. The molecule has 0 unspecified atom stereocenters. The molecule has 0 radical (unpaired) electrons. The van der Waals surface area contributed by atoms with E-state index in [-0.39, 0.29) is 5.69 Å². The Bertz CT molecular complexity index is 836. The second-order valence-corrected chi connectivity index (χ2v) is 5.47. The molecular formula is C18H18N4O4. The number of anilines is 1. The maximum absolute atomic E-state index is 12.1. The van der Waals surface area contributed by atoms with Crippen LogP contribution in [0.5, 0.6) is 0 Å². The third-order valence-electron chi connectivity index (χ3n) is 3.42. The number of pyridine rings is 1. The van der Waals surface area contributed by atoms with E-state index >= 15 is 0 Å². The summed E-state index contributed by atoms with van der Waals surface area (Å²) in [6, 6.07) is 8.82. The van der Waals surface area contributed by atoms with Crippen LogP contribution in [0.4, 0.5) is 5.69 Å². The van der Waals surface area contributed by atoms with E-state index in [1.165, 1.54) is 24.7 Å². The Morgan fingerprint density at radius 1 is 1.12 bits per heavy atom. The molecule has 8 heteroatoms. The fraction of sp³-hybridized carbons (Fsp3) is 0.167. The van der Waals surface area contributed by atoms with Gasteiger partial charge in [-0.1, -0.05) is 11.8 Å². The summed E-state index contributed by atoms with van der Waals surface area (Å²) in [5, 5.41) is 20.5. The number of nitrogen functional groups attached to an aromatic ring is 1. The van der Waals surface area contributed by atoms with Crippen LogP contribution in [0.15, 0.2) is 42.6 Å². The van der Waals surface area contributed by atoms with Gasteiger partial charge >= 0.3 is 0 Å². The van der Waals surface area contributed by atoms with E-state index in [0.717, 1.165) is 5.56 Å². The zero-order chi connectivity index (χ0) is 19.1. The first kappa shape index (κ1) is 18.9. The van der Waals surface area contributed by atoms with E-state index in [9.17, 15) is 14.7 Å². The standard InChI is InChI=1S/C18H18N4O4/c1-11(23)16(18(25)22-26)21-17(24)15-9-6-13(10-20-15)3-2-12-4-7-14(19)8-5-12/h4-11,16,23,26H,19H2,1H3,(H,21,24)(H,22,25)/t11-,16+/m1/s1. The van der Waals surface area contributed by atoms with Gasteiger partial charge in [0.1, 0.15) is 11.7 Å². The summed E-state index contributed by atoms with van der Waals surface area (Å²) < 4.78 is 0. The maximum atomic E-state index is 12.1. The lowest BCUT2D eigenvalue weighted by molar-refractivity contribution is -0.133. The highest BCUT2D eigenvalue weighted by atomic mass is 16.5. The van der Waals surface area contributed by atoms with Crippen LogP contribution in [0.2, 0.25) is 0 Å². The van der Waals surface area contributed by atoms with E-state index < -0.39 is 24.0 Å². The Kier molecular flexibility index (Phi) is 6.27. The SMILES string of the molecule is C[C@@H](O)[C@H](NC(=O)c1ccc(C#Cc2ccc(N)cc2)cn1)C(=O)NO. The van der Waals surface area contributed by atoms with Crippen molar-refractivity contribution < 1.29 is 19.9 Å². The van der Waals surface area contributed by atoms with Gasteiger partial charge in [0.15, 0.2) is 0 Å². The number of carbonyl (C=O) groups excluding carboxylic acids is 2. The van der Waals surface area contributed by atoms with Crippen molar-refractivity contribution in [3.63, 3.8) is 0 Å². The molecule has 0 saturated carbocycles. The van der Waals surface area contributed by atoms with Gasteiger partial charge in [-0.05, 0) is 43.3 Å². The highest BCUT2D eigenvalue weighted by Crippen LogP contribution is 2.05.